The van der Waals surface area contributed by atoms with Gasteiger partial charge >= 0.3 is 0 Å². The second-order valence-corrected chi connectivity index (χ2v) is 6.77. The number of anilines is 2. The van der Waals surface area contributed by atoms with Gasteiger partial charge in [0, 0.05) is 29.2 Å². The molecule has 4 nitrogen and oxygen atoms in total. The molecule has 0 bridgehead atoms. The third-order valence-electron chi connectivity index (χ3n) is 3.63. The number of carbonyl (C=O) groups is 2. The molecule has 0 atom stereocenters. The van der Waals surface area contributed by atoms with E-state index in [1.165, 1.54) is 0 Å². The minimum Gasteiger partial charge on any atom is -0.326 e. The average molecular weight is 359 g/mol. The average Bonchev–Trinajstić information content (AvgIpc) is 2.55. The summed E-state index contributed by atoms with van der Waals surface area (Å²) >= 11 is 6.09. The van der Waals surface area contributed by atoms with Crippen LogP contribution in [0.4, 0.5) is 11.4 Å². The molecule has 2 N–H and O–H groups in total. The van der Waals surface area contributed by atoms with Crippen LogP contribution in [0.25, 0.3) is 0 Å². The molecule has 0 aliphatic rings. The fourth-order valence-corrected chi connectivity index (χ4v) is 2.62. The van der Waals surface area contributed by atoms with E-state index >= 15 is 0 Å². The maximum Gasteiger partial charge on any atom is 0.224 e. The standard InChI is InChI=1S/C20H23ClN2O2/c1-14(2)13-20(25)23-17-10-8-16(9-11-17)22-19(24)12-7-15-5-3-4-6-18(15)21/h3-6,8-11,14H,7,12-13H2,1-2H3,(H,22,24)(H,23,25). The van der Waals surface area contributed by atoms with Crippen LogP contribution in [0, 0.1) is 5.92 Å². The first kappa shape index (κ1) is 19.0. The Morgan fingerprint density at radius 3 is 2.04 bits per heavy atom. The lowest BCUT2D eigenvalue weighted by molar-refractivity contribution is -0.117. The van der Waals surface area contributed by atoms with Gasteiger partial charge in [-0.15, -0.1) is 0 Å². The van der Waals surface area contributed by atoms with Crippen molar-refractivity contribution in [3.8, 4) is 0 Å². The van der Waals surface area contributed by atoms with Gasteiger partial charge in [0.2, 0.25) is 11.8 Å². The second kappa shape index (κ2) is 9.23. The smallest absolute Gasteiger partial charge is 0.224 e. The van der Waals surface area contributed by atoms with Crippen LogP contribution in [0.5, 0.6) is 0 Å². The van der Waals surface area contributed by atoms with Gasteiger partial charge in [0.25, 0.3) is 0 Å². The number of carbonyl (C=O) groups excluding carboxylic acids is 2. The molecule has 2 aromatic rings. The Morgan fingerprint density at radius 2 is 1.48 bits per heavy atom. The van der Waals surface area contributed by atoms with Gasteiger partial charge in [-0.1, -0.05) is 43.6 Å². The minimum absolute atomic E-state index is 0.00785. The molecule has 2 amide bonds. The number of halogens is 1. The number of nitrogens with one attached hydrogen (secondary N) is 2. The van der Waals surface area contributed by atoms with Crippen molar-refractivity contribution < 1.29 is 9.59 Å². The van der Waals surface area contributed by atoms with E-state index in [1.807, 2.05) is 38.1 Å². The second-order valence-electron chi connectivity index (χ2n) is 6.36. The van der Waals surface area contributed by atoms with Gasteiger partial charge < -0.3 is 10.6 Å². The zero-order valence-corrected chi connectivity index (χ0v) is 15.3. The molecule has 25 heavy (non-hydrogen) atoms. The molecule has 0 aromatic heterocycles. The fourth-order valence-electron chi connectivity index (χ4n) is 2.39. The van der Waals surface area contributed by atoms with E-state index in [-0.39, 0.29) is 11.8 Å². The summed E-state index contributed by atoms with van der Waals surface area (Å²) in [5.41, 5.74) is 2.38. The molecule has 0 saturated carbocycles. The molecule has 2 aromatic carbocycles. The summed E-state index contributed by atoms with van der Waals surface area (Å²) in [6.45, 7) is 4.00. The van der Waals surface area contributed by atoms with Crippen molar-refractivity contribution in [1.82, 2.24) is 0 Å². The molecule has 2 rings (SSSR count). The fraction of sp³-hybridized carbons (Fsp3) is 0.300. The maximum atomic E-state index is 12.1. The van der Waals surface area contributed by atoms with Crippen molar-refractivity contribution in [2.24, 2.45) is 5.92 Å². The molecule has 0 aliphatic heterocycles. The first-order valence-corrected chi connectivity index (χ1v) is 8.75. The van der Waals surface area contributed by atoms with E-state index in [0.717, 1.165) is 11.3 Å². The first-order chi connectivity index (χ1) is 11.9. The Kier molecular flexibility index (Phi) is 7.02. The third kappa shape index (κ3) is 6.59. The number of hydrogen-bond donors (Lipinski definition) is 2. The summed E-state index contributed by atoms with van der Waals surface area (Å²) < 4.78 is 0. The van der Waals surface area contributed by atoms with Crippen molar-refractivity contribution in [1.29, 1.82) is 0 Å². The Balaban J connectivity index is 1.83. The van der Waals surface area contributed by atoms with E-state index < -0.39 is 0 Å². The van der Waals surface area contributed by atoms with Crippen LogP contribution in [0.2, 0.25) is 5.02 Å². The molecule has 5 heteroatoms. The number of aryl methyl sites for hydroxylation is 1. The van der Waals surface area contributed by atoms with E-state index in [2.05, 4.69) is 10.6 Å². The van der Waals surface area contributed by atoms with Crippen LogP contribution in [-0.2, 0) is 16.0 Å². The Bertz CT molecular complexity index is 727. The molecule has 132 valence electrons. The summed E-state index contributed by atoms with van der Waals surface area (Å²) in [7, 11) is 0. The number of amides is 2. The highest BCUT2D eigenvalue weighted by molar-refractivity contribution is 6.31. The van der Waals surface area contributed by atoms with Crippen molar-refractivity contribution >= 4 is 34.8 Å². The van der Waals surface area contributed by atoms with Gasteiger partial charge in [-0.25, -0.2) is 0 Å². The van der Waals surface area contributed by atoms with Crippen LogP contribution >= 0.6 is 11.6 Å². The lowest BCUT2D eigenvalue weighted by Crippen LogP contribution is -2.14. The lowest BCUT2D eigenvalue weighted by Gasteiger charge is -2.09. The predicted molar refractivity (Wildman–Crippen MR) is 103 cm³/mol. The van der Waals surface area contributed by atoms with Crippen molar-refractivity contribution in [2.75, 3.05) is 10.6 Å². The zero-order valence-electron chi connectivity index (χ0n) is 14.5. The first-order valence-electron chi connectivity index (χ1n) is 8.37. The number of rotatable bonds is 7. The Morgan fingerprint density at radius 1 is 0.920 bits per heavy atom. The number of hydrogen-bond acceptors (Lipinski definition) is 2. The lowest BCUT2D eigenvalue weighted by atomic mass is 10.1. The highest BCUT2D eigenvalue weighted by atomic mass is 35.5. The Hall–Kier alpha value is -2.33. The minimum atomic E-state index is -0.0727. The Labute approximate surface area is 153 Å². The largest absolute Gasteiger partial charge is 0.326 e. The summed E-state index contributed by atoms with van der Waals surface area (Å²) in [6.07, 6.45) is 1.44. The summed E-state index contributed by atoms with van der Waals surface area (Å²) in [5, 5.41) is 6.37. The van der Waals surface area contributed by atoms with Gasteiger partial charge in [0.1, 0.15) is 0 Å². The van der Waals surface area contributed by atoms with E-state index in [4.69, 9.17) is 11.6 Å². The van der Waals surface area contributed by atoms with Gasteiger partial charge in [0.15, 0.2) is 0 Å². The molecule has 0 radical (unpaired) electrons. The molecule has 0 saturated heterocycles. The van der Waals surface area contributed by atoms with Gasteiger partial charge in [-0.2, -0.15) is 0 Å². The van der Waals surface area contributed by atoms with Gasteiger partial charge in [-0.05, 0) is 48.2 Å². The van der Waals surface area contributed by atoms with E-state index in [9.17, 15) is 9.59 Å². The molecular formula is C20H23ClN2O2. The van der Waals surface area contributed by atoms with Crippen LogP contribution in [-0.4, -0.2) is 11.8 Å². The van der Waals surface area contributed by atoms with Crippen molar-refractivity contribution in [3.05, 3.63) is 59.1 Å². The van der Waals surface area contributed by atoms with E-state index in [1.54, 1.807) is 24.3 Å². The third-order valence-corrected chi connectivity index (χ3v) is 3.99. The monoisotopic (exact) mass is 358 g/mol. The van der Waals surface area contributed by atoms with Crippen LogP contribution in [0.15, 0.2) is 48.5 Å². The molecular weight excluding hydrogens is 336 g/mol. The highest BCUT2D eigenvalue weighted by Crippen LogP contribution is 2.18. The van der Waals surface area contributed by atoms with Crippen LogP contribution < -0.4 is 10.6 Å². The van der Waals surface area contributed by atoms with Crippen molar-refractivity contribution in [2.45, 2.75) is 33.1 Å². The summed E-state index contributed by atoms with van der Waals surface area (Å²) in [5.74, 6) is 0.236. The van der Waals surface area contributed by atoms with E-state index in [0.29, 0.717) is 35.9 Å². The summed E-state index contributed by atoms with van der Waals surface area (Å²) in [4.78, 5) is 23.8. The molecule has 0 spiro atoms. The topological polar surface area (TPSA) is 58.2 Å². The maximum absolute atomic E-state index is 12.1. The molecule has 0 unspecified atom stereocenters. The SMILES string of the molecule is CC(C)CC(=O)Nc1ccc(NC(=O)CCc2ccccc2Cl)cc1. The molecule has 0 aliphatic carbocycles. The predicted octanol–water partition coefficient (Wildman–Crippen LogP) is 4.90. The van der Waals surface area contributed by atoms with Crippen molar-refractivity contribution in [3.63, 3.8) is 0 Å². The number of benzene rings is 2. The summed E-state index contributed by atoms with van der Waals surface area (Å²) in [6, 6.07) is 14.6. The van der Waals surface area contributed by atoms with Gasteiger partial charge in [-0.3, -0.25) is 9.59 Å². The molecule has 0 heterocycles. The molecule has 0 fully saturated rings. The van der Waals surface area contributed by atoms with Crippen LogP contribution in [0.1, 0.15) is 32.3 Å². The quantitative estimate of drug-likeness (QED) is 0.739. The van der Waals surface area contributed by atoms with Gasteiger partial charge in [0.05, 0.1) is 0 Å². The zero-order chi connectivity index (χ0) is 18.2. The van der Waals surface area contributed by atoms with Crippen LogP contribution in [0.3, 0.4) is 0 Å². The highest BCUT2D eigenvalue weighted by Gasteiger charge is 2.07. The normalized spacial score (nSPS) is 10.6.